The van der Waals surface area contributed by atoms with Gasteiger partial charge in [-0.3, -0.25) is 4.98 Å². The molecular weight excluding hydrogens is 340 g/mol. The SMILES string of the molecule is [2H]C1(c2ccc(-c3cc[n+](C)c(-c4ccccc4C)c3)nc2)CCC(C)(C)CC1. The molecule has 0 amide bonds. The fourth-order valence-corrected chi connectivity index (χ4v) is 4.15. The van der Waals surface area contributed by atoms with E-state index in [4.69, 9.17) is 6.35 Å². The molecule has 0 spiro atoms. The molecule has 144 valence electrons. The molecule has 0 bridgehead atoms. The lowest BCUT2D eigenvalue weighted by Gasteiger charge is -2.34. The van der Waals surface area contributed by atoms with Gasteiger partial charge in [0, 0.05) is 30.8 Å². The summed E-state index contributed by atoms with van der Waals surface area (Å²) in [5.74, 6) is -0.490. The smallest absolute Gasteiger partial charge is 0.213 e. The first kappa shape index (κ1) is 17.6. The quantitative estimate of drug-likeness (QED) is 0.498. The Balaban J connectivity index is 1.63. The summed E-state index contributed by atoms with van der Waals surface area (Å²) in [7, 11) is 2.08. The summed E-state index contributed by atoms with van der Waals surface area (Å²) >= 11 is 0. The van der Waals surface area contributed by atoms with E-state index in [0.29, 0.717) is 5.41 Å². The van der Waals surface area contributed by atoms with Gasteiger partial charge in [0.05, 0.1) is 5.69 Å². The van der Waals surface area contributed by atoms with Crippen molar-refractivity contribution in [1.29, 1.82) is 0 Å². The Morgan fingerprint density at radius 3 is 2.50 bits per heavy atom. The van der Waals surface area contributed by atoms with Gasteiger partial charge in [-0.05, 0) is 67.2 Å². The first-order valence-electron chi connectivity index (χ1n) is 10.8. The minimum absolute atomic E-state index is 0.365. The zero-order valence-electron chi connectivity index (χ0n) is 18.5. The van der Waals surface area contributed by atoms with Crippen molar-refractivity contribution in [1.82, 2.24) is 4.98 Å². The van der Waals surface area contributed by atoms with Crippen molar-refractivity contribution in [3.63, 3.8) is 0 Å². The molecule has 1 aliphatic carbocycles. The van der Waals surface area contributed by atoms with E-state index in [2.05, 4.69) is 87.1 Å². The highest BCUT2D eigenvalue weighted by Gasteiger charge is 2.27. The van der Waals surface area contributed by atoms with E-state index in [1.54, 1.807) is 0 Å². The molecule has 1 saturated carbocycles. The van der Waals surface area contributed by atoms with Gasteiger partial charge in [-0.25, -0.2) is 4.57 Å². The second-order valence-electron chi connectivity index (χ2n) is 8.93. The molecule has 1 fully saturated rings. The number of aryl methyl sites for hydroxylation is 2. The van der Waals surface area contributed by atoms with Crippen LogP contribution in [0.15, 0.2) is 60.9 Å². The molecule has 2 nitrogen and oxygen atoms in total. The molecular formula is C26H31N2+. The maximum absolute atomic E-state index is 8.97. The third-order valence-corrected chi connectivity index (χ3v) is 6.25. The topological polar surface area (TPSA) is 16.8 Å². The van der Waals surface area contributed by atoms with Crippen LogP contribution in [0.5, 0.6) is 0 Å². The minimum atomic E-state index is -0.490. The van der Waals surface area contributed by atoms with Crippen molar-refractivity contribution in [2.45, 2.75) is 52.3 Å². The molecule has 4 rings (SSSR count). The van der Waals surface area contributed by atoms with E-state index >= 15 is 0 Å². The Morgan fingerprint density at radius 2 is 1.82 bits per heavy atom. The average molecular weight is 373 g/mol. The summed E-state index contributed by atoms with van der Waals surface area (Å²) in [4.78, 5) is 4.76. The lowest BCUT2D eigenvalue weighted by atomic mass is 9.71. The molecule has 2 heterocycles. The van der Waals surface area contributed by atoms with Gasteiger partial charge in [0.25, 0.3) is 0 Å². The summed E-state index contributed by atoms with van der Waals surface area (Å²) in [5, 5.41) is 0. The van der Waals surface area contributed by atoms with Crippen molar-refractivity contribution < 1.29 is 5.94 Å². The Morgan fingerprint density at radius 1 is 1.07 bits per heavy atom. The lowest BCUT2D eigenvalue weighted by molar-refractivity contribution is -0.660. The van der Waals surface area contributed by atoms with Gasteiger partial charge in [0.2, 0.25) is 5.69 Å². The van der Waals surface area contributed by atoms with Gasteiger partial charge >= 0.3 is 0 Å². The maximum atomic E-state index is 8.97. The van der Waals surface area contributed by atoms with E-state index in [1.807, 2.05) is 6.20 Å². The van der Waals surface area contributed by atoms with Crippen molar-refractivity contribution in [3.8, 4) is 22.5 Å². The summed E-state index contributed by atoms with van der Waals surface area (Å²) in [6, 6.07) is 17.0. The zero-order chi connectivity index (χ0) is 20.6. The Bertz CT molecular complexity index is 1010. The molecule has 2 aromatic heterocycles. The fraction of sp³-hybridized carbons (Fsp3) is 0.385. The van der Waals surface area contributed by atoms with Gasteiger partial charge in [0.1, 0.15) is 7.05 Å². The van der Waals surface area contributed by atoms with E-state index in [1.165, 1.54) is 16.8 Å². The first-order valence-corrected chi connectivity index (χ1v) is 10.3. The number of hydrogen-bond donors (Lipinski definition) is 0. The highest BCUT2D eigenvalue weighted by Crippen LogP contribution is 2.42. The highest BCUT2D eigenvalue weighted by molar-refractivity contribution is 5.68. The van der Waals surface area contributed by atoms with Crippen LogP contribution in [0.2, 0.25) is 0 Å². The van der Waals surface area contributed by atoms with Crippen molar-refractivity contribution in [2.75, 3.05) is 0 Å². The van der Waals surface area contributed by atoms with Crippen LogP contribution >= 0.6 is 0 Å². The molecule has 0 unspecified atom stereocenters. The maximum Gasteiger partial charge on any atom is 0.213 e. The molecule has 1 aromatic carbocycles. The second kappa shape index (κ2) is 7.50. The highest BCUT2D eigenvalue weighted by atomic mass is 14.9. The van der Waals surface area contributed by atoms with E-state index in [-0.39, 0.29) is 0 Å². The summed E-state index contributed by atoms with van der Waals surface area (Å²) in [6.07, 6.45) is 8.07. The fourth-order valence-electron chi connectivity index (χ4n) is 4.15. The summed E-state index contributed by atoms with van der Waals surface area (Å²) < 4.78 is 11.1. The molecule has 1 aliphatic rings. The number of aromatic nitrogens is 2. The van der Waals surface area contributed by atoms with Gasteiger partial charge in [0.15, 0.2) is 6.20 Å². The largest absolute Gasteiger partial charge is 0.256 e. The van der Waals surface area contributed by atoms with Crippen molar-refractivity contribution in [2.24, 2.45) is 12.5 Å². The number of benzene rings is 1. The average Bonchev–Trinajstić information content (AvgIpc) is 2.72. The van der Waals surface area contributed by atoms with E-state index in [9.17, 15) is 0 Å². The van der Waals surface area contributed by atoms with Crippen LogP contribution in [0.3, 0.4) is 0 Å². The molecule has 0 atom stereocenters. The van der Waals surface area contributed by atoms with Crippen LogP contribution in [0.4, 0.5) is 0 Å². The standard InChI is InChI=1S/C26H31N2/c1-19-7-5-6-8-23(19)25-17-21(13-16-28(25)4)24-10-9-22(18-27-24)20-11-14-26(2,3)15-12-20/h5-10,13,16-18,20H,11-12,14-15H2,1-4H3/q+1/i20D. The Kier molecular flexibility index (Phi) is 4.72. The molecule has 0 N–H and O–H groups in total. The number of nitrogens with zero attached hydrogens (tertiary/aromatic N) is 2. The van der Waals surface area contributed by atoms with Gasteiger partial charge in [-0.1, -0.05) is 38.1 Å². The molecule has 0 saturated heterocycles. The predicted molar refractivity (Wildman–Crippen MR) is 116 cm³/mol. The monoisotopic (exact) mass is 372 g/mol. The van der Waals surface area contributed by atoms with Crippen LogP contribution in [0, 0.1) is 12.3 Å². The van der Waals surface area contributed by atoms with Crippen LogP contribution in [-0.2, 0) is 7.05 Å². The molecule has 2 heteroatoms. The van der Waals surface area contributed by atoms with Crippen LogP contribution in [0.1, 0.15) is 57.9 Å². The Hall–Kier alpha value is -2.48. The number of rotatable bonds is 3. The lowest BCUT2D eigenvalue weighted by Crippen LogP contribution is -2.30. The number of hydrogen-bond acceptors (Lipinski definition) is 1. The van der Waals surface area contributed by atoms with E-state index < -0.39 is 5.89 Å². The minimum Gasteiger partial charge on any atom is -0.256 e. The van der Waals surface area contributed by atoms with Gasteiger partial charge in [-0.15, -0.1) is 0 Å². The van der Waals surface area contributed by atoms with Gasteiger partial charge in [-0.2, -0.15) is 0 Å². The van der Waals surface area contributed by atoms with E-state index in [0.717, 1.165) is 42.5 Å². The molecule has 3 aromatic rings. The summed E-state index contributed by atoms with van der Waals surface area (Å²) in [5.41, 5.74) is 7.17. The first-order chi connectivity index (χ1) is 13.8. The van der Waals surface area contributed by atoms with Crippen LogP contribution < -0.4 is 4.57 Å². The van der Waals surface area contributed by atoms with Crippen molar-refractivity contribution >= 4 is 0 Å². The summed E-state index contributed by atoms with van der Waals surface area (Å²) in [6.45, 7) is 6.78. The third-order valence-electron chi connectivity index (χ3n) is 6.25. The normalized spacial score (nSPS) is 18.5. The molecule has 0 radical (unpaired) electrons. The molecule has 0 aliphatic heterocycles. The van der Waals surface area contributed by atoms with Crippen molar-refractivity contribution in [3.05, 3.63) is 72.1 Å². The zero-order valence-corrected chi connectivity index (χ0v) is 17.5. The Labute approximate surface area is 170 Å². The molecule has 28 heavy (non-hydrogen) atoms. The van der Waals surface area contributed by atoms with Crippen LogP contribution in [0.25, 0.3) is 22.5 Å². The van der Waals surface area contributed by atoms with Gasteiger partial charge < -0.3 is 0 Å². The third kappa shape index (κ3) is 3.87. The number of pyridine rings is 2. The second-order valence-corrected chi connectivity index (χ2v) is 8.93. The van der Waals surface area contributed by atoms with Crippen LogP contribution in [-0.4, -0.2) is 4.98 Å². The predicted octanol–water partition coefficient (Wildman–Crippen LogP) is 6.23.